The highest BCUT2D eigenvalue weighted by molar-refractivity contribution is 5.95. The van der Waals surface area contributed by atoms with Crippen LogP contribution in [0, 0.1) is 11.7 Å². The average molecular weight is 425 g/mol. The van der Waals surface area contributed by atoms with Gasteiger partial charge in [-0.1, -0.05) is 18.2 Å². The number of benzene rings is 1. The summed E-state index contributed by atoms with van der Waals surface area (Å²) in [6.45, 7) is 3.57. The van der Waals surface area contributed by atoms with Crippen LogP contribution in [-0.4, -0.2) is 57.6 Å². The summed E-state index contributed by atoms with van der Waals surface area (Å²) in [5, 5.41) is 4.69. The summed E-state index contributed by atoms with van der Waals surface area (Å²) >= 11 is 0. The molecule has 3 aliphatic rings. The minimum absolute atomic E-state index is 0.0203. The van der Waals surface area contributed by atoms with Crippen LogP contribution in [0.15, 0.2) is 24.3 Å². The number of hydrogen-bond donors (Lipinski definition) is 0. The van der Waals surface area contributed by atoms with E-state index in [4.69, 9.17) is 5.10 Å². The van der Waals surface area contributed by atoms with Gasteiger partial charge in [0.05, 0.1) is 18.7 Å². The molecule has 1 aromatic carbocycles. The van der Waals surface area contributed by atoms with E-state index < -0.39 is 0 Å². The van der Waals surface area contributed by atoms with Gasteiger partial charge in [0.2, 0.25) is 5.91 Å². The Morgan fingerprint density at radius 2 is 1.84 bits per heavy atom. The van der Waals surface area contributed by atoms with E-state index in [1.54, 1.807) is 18.2 Å². The molecule has 6 nitrogen and oxygen atoms in total. The number of rotatable bonds is 4. The SMILES string of the molecule is O=C(Cc1ccccc1F)N1CCC(CN2CCn3nc4c(c3C2=O)CCCC4)CC1. The first-order chi connectivity index (χ1) is 15.1. The van der Waals surface area contributed by atoms with Gasteiger partial charge in [-0.25, -0.2) is 4.39 Å². The smallest absolute Gasteiger partial charge is 0.272 e. The Morgan fingerprint density at radius 3 is 2.65 bits per heavy atom. The lowest BCUT2D eigenvalue weighted by atomic mass is 9.93. The number of aromatic nitrogens is 2. The zero-order valence-corrected chi connectivity index (χ0v) is 17.9. The molecule has 0 bridgehead atoms. The van der Waals surface area contributed by atoms with Crippen LogP contribution in [-0.2, 0) is 30.6 Å². The monoisotopic (exact) mass is 424 g/mol. The molecular formula is C24H29FN4O2. The van der Waals surface area contributed by atoms with Gasteiger partial charge in [0, 0.05) is 31.7 Å². The number of halogens is 1. The van der Waals surface area contributed by atoms with Gasteiger partial charge < -0.3 is 9.80 Å². The second-order valence-electron chi connectivity index (χ2n) is 9.05. The largest absolute Gasteiger partial charge is 0.342 e. The molecular weight excluding hydrogens is 395 g/mol. The number of piperidine rings is 1. The van der Waals surface area contributed by atoms with Crippen molar-refractivity contribution in [1.82, 2.24) is 19.6 Å². The molecule has 0 radical (unpaired) electrons. The third-order valence-electron chi connectivity index (χ3n) is 7.04. The van der Waals surface area contributed by atoms with Crippen molar-refractivity contribution in [2.75, 3.05) is 26.2 Å². The van der Waals surface area contributed by atoms with Crippen molar-refractivity contribution in [3.63, 3.8) is 0 Å². The standard InChI is InChI=1S/C24H29FN4O2/c25-20-7-3-1-5-18(20)15-22(30)27-11-9-17(10-12-27)16-28-13-14-29-23(24(28)31)19-6-2-4-8-21(19)26-29/h1,3,5,7,17H,2,4,6,8-16H2. The molecule has 0 spiro atoms. The molecule has 1 fully saturated rings. The van der Waals surface area contributed by atoms with Crippen LogP contribution < -0.4 is 0 Å². The van der Waals surface area contributed by atoms with Crippen LogP contribution in [0.2, 0.25) is 0 Å². The summed E-state index contributed by atoms with van der Waals surface area (Å²) in [6.07, 6.45) is 6.12. The minimum Gasteiger partial charge on any atom is -0.342 e. The highest BCUT2D eigenvalue weighted by Gasteiger charge is 2.33. The second-order valence-corrected chi connectivity index (χ2v) is 9.05. The molecule has 31 heavy (non-hydrogen) atoms. The summed E-state index contributed by atoms with van der Waals surface area (Å²) in [4.78, 5) is 29.6. The van der Waals surface area contributed by atoms with E-state index in [1.807, 2.05) is 14.5 Å². The first-order valence-corrected chi connectivity index (χ1v) is 11.5. The summed E-state index contributed by atoms with van der Waals surface area (Å²) in [7, 11) is 0. The zero-order valence-electron chi connectivity index (χ0n) is 17.9. The fourth-order valence-corrected chi connectivity index (χ4v) is 5.24. The number of carbonyl (C=O) groups is 2. The Bertz CT molecular complexity index is 993. The van der Waals surface area contributed by atoms with Gasteiger partial charge in [0.1, 0.15) is 11.5 Å². The number of fused-ring (bicyclic) bond motifs is 3. The molecule has 0 N–H and O–H groups in total. The zero-order chi connectivity index (χ0) is 21.4. The molecule has 3 heterocycles. The number of amides is 2. The van der Waals surface area contributed by atoms with Gasteiger partial charge >= 0.3 is 0 Å². The topological polar surface area (TPSA) is 58.4 Å². The number of likely N-dealkylation sites (tertiary alicyclic amines) is 1. The van der Waals surface area contributed by atoms with Crippen molar-refractivity contribution >= 4 is 11.8 Å². The van der Waals surface area contributed by atoms with E-state index in [0.29, 0.717) is 31.1 Å². The number of aryl methyl sites for hydroxylation is 1. The van der Waals surface area contributed by atoms with Crippen LogP contribution in [0.4, 0.5) is 4.39 Å². The lowest BCUT2D eigenvalue weighted by Crippen LogP contribution is -2.46. The maximum absolute atomic E-state index is 13.8. The normalized spacial score (nSPS) is 19.3. The van der Waals surface area contributed by atoms with Crippen LogP contribution in [0.3, 0.4) is 0 Å². The molecule has 0 saturated carbocycles. The molecule has 2 aromatic rings. The molecule has 5 rings (SSSR count). The van der Waals surface area contributed by atoms with Gasteiger partial charge in [-0.05, 0) is 56.1 Å². The summed E-state index contributed by atoms with van der Waals surface area (Å²) in [6, 6.07) is 6.47. The van der Waals surface area contributed by atoms with Crippen molar-refractivity contribution in [3.8, 4) is 0 Å². The molecule has 1 saturated heterocycles. The van der Waals surface area contributed by atoms with Crippen LogP contribution in [0.25, 0.3) is 0 Å². The maximum atomic E-state index is 13.8. The van der Waals surface area contributed by atoms with Gasteiger partial charge in [-0.15, -0.1) is 0 Å². The Labute approximate surface area is 182 Å². The molecule has 164 valence electrons. The average Bonchev–Trinajstić information content (AvgIpc) is 3.17. The van der Waals surface area contributed by atoms with Crippen molar-refractivity contribution in [3.05, 3.63) is 52.6 Å². The van der Waals surface area contributed by atoms with Gasteiger partial charge in [0.25, 0.3) is 5.91 Å². The molecule has 2 aliphatic heterocycles. The first kappa shape index (κ1) is 20.2. The van der Waals surface area contributed by atoms with Crippen molar-refractivity contribution in [2.45, 2.75) is 51.5 Å². The van der Waals surface area contributed by atoms with Gasteiger partial charge in [0.15, 0.2) is 0 Å². The quantitative estimate of drug-likeness (QED) is 0.758. The molecule has 0 unspecified atom stereocenters. The van der Waals surface area contributed by atoms with E-state index in [0.717, 1.165) is 63.0 Å². The summed E-state index contributed by atoms with van der Waals surface area (Å²) < 4.78 is 15.8. The fourth-order valence-electron chi connectivity index (χ4n) is 5.24. The summed E-state index contributed by atoms with van der Waals surface area (Å²) in [5.41, 5.74) is 3.57. The number of carbonyl (C=O) groups excluding carboxylic acids is 2. The highest BCUT2D eigenvalue weighted by atomic mass is 19.1. The molecule has 1 aromatic heterocycles. The van der Waals surface area contributed by atoms with Crippen molar-refractivity contribution in [1.29, 1.82) is 0 Å². The molecule has 2 amide bonds. The van der Waals surface area contributed by atoms with Crippen LogP contribution >= 0.6 is 0 Å². The van der Waals surface area contributed by atoms with Gasteiger partial charge in [-0.3, -0.25) is 14.3 Å². The predicted octanol–water partition coefficient (Wildman–Crippen LogP) is 2.84. The Hall–Kier alpha value is -2.70. The predicted molar refractivity (Wildman–Crippen MR) is 114 cm³/mol. The van der Waals surface area contributed by atoms with Gasteiger partial charge in [-0.2, -0.15) is 5.10 Å². The Balaban J connectivity index is 1.17. The van der Waals surface area contributed by atoms with Crippen LogP contribution in [0.5, 0.6) is 0 Å². The lowest BCUT2D eigenvalue weighted by Gasteiger charge is -2.36. The van der Waals surface area contributed by atoms with Crippen molar-refractivity contribution < 1.29 is 14.0 Å². The van der Waals surface area contributed by atoms with Crippen LogP contribution in [0.1, 0.15) is 53.0 Å². The minimum atomic E-state index is -0.323. The lowest BCUT2D eigenvalue weighted by molar-refractivity contribution is -0.132. The Morgan fingerprint density at radius 1 is 1.06 bits per heavy atom. The third kappa shape index (κ3) is 3.98. The number of hydrogen-bond acceptors (Lipinski definition) is 3. The highest BCUT2D eigenvalue weighted by Crippen LogP contribution is 2.28. The van der Waals surface area contributed by atoms with E-state index in [-0.39, 0.29) is 24.1 Å². The van der Waals surface area contributed by atoms with Crippen molar-refractivity contribution in [2.24, 2.45) is 5.92 Å². The van der Waals surface area contributed by atoms with E-state index in [1.165, 1.54) is 11.6 Å². The third-order valence-corrected chi connectivity index (χ3v) is 7.04. The van der Waals surface area contributed by atoms with E-state index >= 15 is 0 Å². The number of nitrogens with zero attached hydrogens (tertiary/aromatic N) is 4. The molecule has 7 heteroatoms. The molecule has 0 atom stereocenters. The maximum Gasteiger partial charge on any atom is 0.272 e. The molecule has 1 aliphatic carbocycles. The van der Waals surface area contributed by atoms with E-state index in [9.17, 15) is 14.0 Å². The fraction of sp³-hybridized carbons (Fsp3) is 0.542. The first-order valence-electron chi connectivity index (χ1n) is 11.5. The van der Waals surface area contributed by atoms with E-state index in [2.05, 4.69) is 0 Å². The Kier molecular flexibility index (Phi) is 5.50. The second kappa shape index (κ2) is 8.44. The summed E-state index contributed by atoms with van der Waals surface area (Å²) in [5.74, 6) is 0.177.